The number of amides is 1. The number of halogens is 2. The molecule has 3 N–H and O–H groups in total. The molecule has 0 atom stereocenters. The van der Waals surface area contributed by atoms with E-state index in [9.17, 15) is 13.6 Å². The lowest BCUT2D eigenvalue weighted by Crippen LogP contribution is -2.40. The molecule has 5 nitrogen and oxygen atoms in total. The molecule has 3 rings (SSSR count). The Labute approximate surface area is 138 Å². The van der Waals surface area contributed by atoms with Crippen molar-refractivity contribution in [3.8, 4) is 0 Å². The normalized spacial score (nSPS) is 16.1. The fraction of sp³-hybridized carbons (Fsp3) is 0.353. The summed E-state index contributed by atoms with van der Waals surface area (Å²) >= 11 is 0. The van der Waals surface area contributed by atoms with Crippen LogP contribution in [0.25, 0.3) is 0 Å². The summed E-state index contributed by atoms with van der Waals surface area (Å²) in [6.07, 6.45) is 5.70. The van der Waals surface area contributed by atoms with Gasteiger partial charge in [-0.2, -0.15) is 0 Å². The van der Waals surface area contributed by atoms with Crippen molar-refractivity contribution in [2.45, 2.75) is 31.1 Å². The number of hydrogen-bond acceptors (Lipinski definition) is 4. The van der Waals surface area contributed by atoms with Crippen LogP contribution in [0.3, 0.4) is 0 Å². The predicted octanol–water partition coefficient (Wildman–Crippen LogP) is 2.58. The average molecular weight is 332 g/mol. The van der Waals surface area contributed by atoms with E-state index in [4.69, 9.17) is 5.73 Å². The molecule has 0 saturated heterocycles. The highest BCUT2D eigenvalue weighted by molar-refractivity contribution is 5.96. The summed E-state index contributed by atoms with van der Waals surface area (Å²) in [6, 6.07) is 3.84. The molecule has 0 unspecified atom stereocenters. The van der Waals surface area contributed by atoms with Crippen molar-refractivity contribution in [1.29, 1.82) is 0 Å². The molecule has 24 heavy (non-hydrogen) atoms. The van der Waals surface area contributed by atoms with Crippen molar-refractivity contribution in [3.05, 3.63) is 53.5 Å². The fourth-order valence-electron chi connectivity index (χ4n) is 3.43. The smallest absolute Gasteiger partial charge is 0.273 e. The molecule has 126 valence electrons. The summed E-state index contributed by atoms with van der Waals surface area (Å²) in [6.45, 7) is 0.125. The highest BCUT2D eigenvalue weighted by Gasteiger charge is 2.40. The van der Waals surface area contributed by atoms with Crippen LogP contribution in [0, 0.1) is 11.6 Å². The third-order valence-electron chi connectivity index (χ3n) is 4.58. The van der Waals surface area contributed by atoms with Crippen LogP contribution >= 0.6 is 0 Å². The molecule has 1 aromatic heterocycles. The van der Waals surface area contributed by atoms with Crippen LogP contribution in [0.5, 0.6) is 0 Å². The van der Waals surface area contributed by atoms with Gasteiger partial charge in [0, 0.05) is 29.9 Å². The summed E-state index contributed by atoms with van der Waals surface area (Å²) in [5.41, 5.74) is 4.96. The van der Waals surface area contributed by atoms with E-state index in [1.54, 1.807) is 0 Å². The Bertz CT molecular complexity index is 740. The van der Waals surface area contributed by atoms with Crippen LogP contribution in [0.15, 0.2) is 30.6 Å². The first-order chi connectivity index (χ1) is 11.5. The van der Waals surface area contributed by atoms with Gasteiger partial charge < -0.3 is 11.1 Å². The molecular formula is C17H18F2N4O. The molecule has 2 aromatic rings. The van der Waals surface area contributed by atoms with Crippen molar-refractivity contribution in [3.63, 3.8) is 0 Å². The van der Waals surface area contributed by atoms with Crippen LogP contribution in [0.1, 0.15) is 41.7 Å². The van der Waals surface area contributed by atoms with Gasteiger partial charge in [-0.15, -0.1) is 0 Å². The van der Waals surface area contributed by atoms with Crippen molar-refractivity contribution in [2.75, 3.05) is 12.3 Å². The van der Waals surface area contributed by atoms with Gasteiger partial charge in [-0.3, -0.25) is 4.79 Å². The zero-order valence-electron chi connectivity index (χ0n) is 13.1. The summed E-state index contributed by atoms with van der Waals surface area (Å²) in [5.74, 6) is -1.63. The standard InChI is InChI=1S/C17H18F2N4O/c18-11-4-3-5-12(19)13(11)17(6-1-2-7-17)10-23-16(24)14-15(20)22-9-8-21-14/h3-5,8-9H,1-2,6-7,10H2,(H2,20,22)(H,23,24). The number of nitrogen functional groups attached to an aromatic ring is 1. The van der Waals surface area contributed by atoms with E-state index in [-0.39, 0.29) is 23.6 Å². The largest absolute Gasteiger partial charge is 0.382 e. The first-order valence-electron chi connectivity index (χ1n) is 7.83. The molecule has 1 aliphatic rings. The number of carbonyl (C=O) groups is 1. The monoisotopic (exact) mass is 332 g/mol. The first kappa shape index (κ1) is 16.3. The summed E-state index contributed by atoms with van der Waals surface area (Å²) < 4.78 is 28.5. The number of rotatable bonds is 4. The third kappa shape index (κ3) is 2.93. The van der Waals surface area contributed by atoms with Gasteiger partial charge in [-0.05, 0) is 25.0 Å². The maximum absolute atomic E-state index is 14.3. The fourth-order valence-corrected chi connectivity index (χ4v) is 3.43. The minimum Gasteiger partial charge on any atom is -0.382 e. The molecule has 0 spiro atoms. The highest BCUT2D eigenvalue weighted by Crippen LogP contribution is 2.42. The van der Waals surface area contributed by atoms with Gasteiger partial charge in [0.1, 0.15) is 11.6 Å². The molecule has 1 heterocycles. The van der Waals surface area contributed by atoms with E-state index in [1.165, 1.54) is 30.6 Å². The van der Waals surface area contributed by atoms with Crippen molar-refractivity contribution in [1.82, 2.24) is 15.3 Å². The van der Waals surface area contributed by atoms with Crippen molar-refractivity contribution >= 4 is 11.7 Å². The Morgan fingerprint density at radius 3 is 2.42 bits per heavy atom. The maximum atomic E-state index is 14.3. The number of nitrogens with one attached hydrogen (secondary N) is 1. The summed E-state index contributed by atoms with van der Waals surface area (Å²) in [7, 11) is 0. The second-order valence-electron chi connectivity index (χ2n) is 6.06. The lowest BCUT2D eigenvalue weighted by atomic mass is 9.78. The van der Waals surface area contributed by atoms with Gasteiger partial charge in [0.05, 0.1) is 0 Å². The molecule has 1 amide bonds. The Morgan fingerprint density at radius 2 is 1.79 bits per heavy atom. The summed E-state index contributed by atoms with van der Waals surface area (Å²) in [4.78, 5) is 20.0. The predicted molar refractivity (Wildman–Crippen MR) is 85.3 cm³/mol. The zero-order chi connectivity index (χ0) is 17.2. The van der Waals surface area contributed by atoms with Crippen molar-refractivity contribution < 1.29 is 13.6 Å². The van der Waals surface area contributed by atoms with E-state index in [1.807, 2.05) is 0 Å². The molecule has 1 aromatic carbocycles. The lowest BCUT2D eigenvalue weighted by Gasteiger charge is -2.30. The Balaban J connectivity index is 1.85. The number of hydrogen-bond donors (Lipinski definition) is 2. The Morgan fingerprint density at radius 1 is 1.17 bits per heavy atom. The minimum atomic E-state index is -0.748. The van der Waals surface area contributed by atoms with E-state index in [0.717, 1.165) is 12.8 Å². The van der Waals surface area contributed by atoms with Crippen LogP contribution in [0.2, 0.25) is 0 Å². The molecular weight excluding hydrogens is 314 g/mol. The van der Waals surface area contributed by atoms with E-state index in [0.29, 0.717) is 12.8 Å². The second-order valence-corrected chi connectivity index (χ2v) is 6.06. The quantitative estimate of drug-likeness (QED) is 0.902. The van der Waals surface area contributed by atoms with Gasteiger partial charge in [-0.1, -0.05) is 18.9 Å². The highest BCUT2D eigenvalue weighted by atomic mass is 19.1. The van der Waals surface area contributed by atoms with Crippen LogP contribution in [-0.2, 0) is 5.41 Å². The molecule has 7 heteroatoms. The third-order valence-corrected chi connectivity index (χ3v) is 4.58. The first-order valence-corrected chi connectivity index (χ1v) is 7.83. The lowest BCUT2D eigenvalue weighted by molar-refractivity contribution is 0.0937. The molecule has 0 aliphatic heterocycles. The van der Waals surface area contributed by atoms with Crippen LogP contribution < -0.4 is 11.1 Å². The molecule has 0 bridgehead atoms. The number of aromatic nitrogens is 2. The van der Waals surface area contributed by atoms with Gasteiger partial charge in [0.2, 0.25) is 0 Å². The zero-order valence-corrected chi connectivity index (χ0v) is 13.1. The minimum absolute atomic E-state index is 0.0136. The second kappa shape index (κ2) is 6.51. The SMILES string of the molecule is Nc1nccnc1C(=O)NCC1(c2c(F)cccc2F)CCCC1. The number of anilines is 1. The molecule has 1 fully saturated rings. The van der Waals surface area contributed by atoms with Crippen LogP contribution in [0.4, 0.5) is 14.6 Å². The maximum Gasteiger partial charge on any atom is 0.273 e. The number of carbonyl (C=O) groups excluding carboxylic acids is 1. The Kier molecular flexibility index (Phi) is 4.42. The molecule has 1 saturated carbocycles. The summed E-state index contributed by atoms with van der Waals surface area (Å²) in [5, 5.41) is 2.72. The van der Waals surface area contributed by atoms with Gasteiger partial charge >= 0.3 is 0 Å². The number of nitrogens with two attached hydrogens (primary N) is 1. The number of benzene rings is 1. The topological polar surface area (TPSA) is 80.9 Å². The number of nitrogens with zero attached hydrogens (tertiary/aromatic N) is 2. The van der Waals surface area contributed by atoms with E-state index >= 15 is 0 Å². The van der Waals surface area contributed by atoms with E-state index in [2.05, 4.69) is 15.3 Å². The molecule has 0 radical (unpaired) electrons. The van der Waals surface area contributed by atoms with Gasteiger partial charge in [-0.25, -0.2) is 18.7 Å². The average Bonchev–Trinajstić information content (AvgIpc) is 3.03. The van der Waals surface area contributed by atoms with Gasteiger partial charge in [0.25, 0.3) is 5.91 Å². The van der Waals surface area contributed by atoms with Crippen LogP contribution in [-0.4, -0.2) is 22.4 Å². The van der Waals surface area contributed by atoms with Gasteiger partial charge in [0.15, 0.2) is 11.5 Å². The van der Waals surface area contributed by atoms with Crippen molar-refractivity contribution in [2.24, 2.45) is 0 Å². The molecule has 1 aliphatic carbocycles. The van der Waals surface area contributed by atoms with E-state index < -0.39 is 23.0 Å². The Hall–Kier alpha value is -2.57.